The van der Waals surface area contributed by atoms with Crippen LogP contribution in [0.4, 0.5) is 0 Å². The number of aromatic nitrogens is 2. The molecule has 0 saturated carbocycles. The summed E-state index contributed by atoms with van der Waals surface area (Å²) in [5, 5.41) is 0. The molecule has 2 aromatic carbocycles. The zero-order valence-electron chi connectivity index (χ0n) is 17.0. The predicted molar refractivity (Wildman–Crippen MR) is 111 cm³/mol. The third-order valence-corrected chi connectivity index (χ3v) is 5.85. The number of carbonyl (C=O) groups is 1. The molecule has 0 spiro atoms. The fourth-order valence-corrected chi connectivity index (χ4v) is 4.12. The molecule has 1 aliphatic heterocycles. The molecule has 1 aromatic heterocycles. The van der Waals surface area contributed by atoms with Crippen LogP contribution in [0.3, 0.4) is 0 Å². The highest BCUT2D eigenvalue weighted by Gasteiger charge is 2.33. The maximum absolute atomic E-state index is 13.3. The van der Waals surface area contributed by atoms with E-state index in [0.29, 0.717) is 25.1 Å². The summed E-state index contributed by atoms with van der Waals surface area (Å²) >= 11 is 0. The highest BCUT2D eigenvalue weighted by Crippen LogP contribution is 2.26. The number of esters is 1. The maximum atomic E-state index is 13.3. The van der Waals surface area contributed by atoms with Crippen LogP contribution in [-0.2, 0) is 36.1 Å². The summed E-state index contributed by atoms with van der Waals surface area (Å²) in [7, 11) is 3.30. The summed E-state index contributed by atoms with van der Waals surface area (Å²) < 4.78 is 8.61. The number of carbonyl (C=O) groups excluding carboxylic acids is 1. The minimum Gasteiger partial charge on any atom is -0.468 e. The zero-order valence-corrected chi connectivity index (χ0v) is 17.0. The molecule has 0 bridgehead atoms. The van der Waals surface area contributed by atoms with Gasteiger partial charge in [-0.15, -0.1) is 0 Å². The minimum absolute atomic E-state index is 0.0568. The molecule has 0 radical (unpaired) electrons. The van der Waals surface area contributed by atoms with E-state index in [-0.39, 0.29) is 11.5 Å². The van der Waals surface area contributed by atoms with Gasteiger partial charge in [-0.25, -0.2) is 4.68 Å². The SMILES string of the molecule is COC(=O)[C@@H]1Cc2ccccc2CN1Cc1c(C)n(C)n(-c2ccccc2)c1=O. The Bertz CT molecular complexity index is 1100. The van der Waals surface area contributed by atoms with Gasteiger partial charge in [-0.2, -0.15) is 0 Å². The minimum atomic E-state index is -0.404. The van der Waals surface area contributed by atoms with E-state index in [2.05, 4.69) is 12.1 Å². The van der Waals surface area contributed by atoms with Gasteiger partial charge in [-0.3, -0.25) is 19.2 Å². The molecule has 0 saturated heterocycles. The van der Waals surface area contributed by atoms with Gasteiger partial charge in [0, 0.05) is 25.8 Å². The molecule has 2 heterocycles. The first kappa shape index (κ1) is 19.2. The van der Waals surface area contributed by atoms with Crippen molar-refractivity contribution in [3.63, 3.8) is 0 Å². The largest absolute Gasteiger partial charge is 0.468 e. The average molecular weight is 391 g/mol. The molecular weight excluding hydrogens is 366 g/mol. The molecule has 0 aliphatic carbocycles. The lowest BCUT2D eigenvalue weighted by Gasteiger charge is -2.34. The van der Waals surface area contributed by atoms with E-state index in [0.717, 1.165) is 16.9 Å². The number of methoxy groups -OCH3 is 1. The Morgan fingerprint density at radius 1 is 1.07 bits per heavy atom. The van der Waals surface area contributed by atoms with Crippen LogP contribution >= 0.6 is 0 Å². The van der Waals surface area contributed by atoms with Crippen LogP contribution in [0.5, 0.6) is 0 Å². The molecular formula is C23H25N3O3. The zero-order chi connectivity index (χ0) is 20.5. The summed E-state index contributed by atoms with van der Waals surface area (Å²) in [6.07, 6.45) is 0.585. The molecule has 6 heteroatoms. The van der Waals surface area contributed by atoms with Crippen molar-refractivity contribution in [2.45, 2.75) is 32.5 Å². The number of ether oxygens (including phenoxy) is 1. The van der Waals surface area contributed by atoms with E-state index in [1.165, 1.54) is 12.7 Å². The first-order valence-corrected chi connectivity index (χ1v) is 9.72. The standard InChI is InChI=1S/C23H25N3O3/c1-16-20(22(27)26(24(16)2)19-11-5-4-6-12-19)15-25-14-18-10-8-7-9-17(18)13-21(25)23(28)29-3/h4-12,21H,13-15H2,1-3H3/t21-/m0/s1. The number of hydrogen-bond acceptors (Lipinski definition) is 4. The van der Waals surface area contributed by atoms with Crippen LogP contribution in [0.15, 0.2) is 59.4 Å². The van der Waals surface area contributed by atoms with Gasteiger partial charge in [0.2, 0.25) is 0 Å². The number of fused-ring (bicyclic) bond motifs is 1. The molecule has 6 nitrogen and oxygen atoms in total. The van der Waals surface area contributed by atoms with E-state index in [1.54, 1.807) is 4.68 Å². The molecule has 0 unspecified atom stereocenters. The second-order valence-corrected chi connectivity index (χ2v) is 7.46. The Labute approximate surface area is 169 Å². The summed E-state index contributed by atoms with van der Waals surface area (Å²) in [5.41, 5.74) is 4.70. The van der Waals surface area contributed by atoms with E-state index >= 15 is 0 Å². The fourth-order valence-electron chi connectivity index (χ4n) is 4.12. The summed E-state index contributed by atoms with van der Waals surface area (Å²) in [5.74, 6) is -0.267. The van der Waals surface area contributed by atoms with Crippen molar-refractivity contribution in [3.05, 3.63) is 87.3 Å². The Balaban J connectivity index is 1.73. The van der Waals surface area contributed by atoms with Gasteiger partial charge in [-0.1, -0.05) is 42.5 Å². The predicted octanol–water partition coefficient (Wildman–Crippen LogP) is 2.58. The van der Waals surface area contributed by atoms with E-state index in [9.17, 15) is 9.59 Å². The van der Waals surface area contributed by atoms with Crippen LogP contribution in [0.2, 0.25) is 0 Å². The van der Waals surface area contributed by atoms with Crippen molar-refractivity contribution in [1.82, 2.24) is 14.3 Å². The van der Waals surface area contributed by atoms with Gasteiger partial charge < -0.3 is 4.74 Å². The number of rotatable bonds is 4. The molecule has 3 aromatic rings. The summed E-state index contributed by atoms with van der Waals surface area (Å²) in [6, 6.07) is 17.3. The molecule has 29 heavy (non-hydrogen) atoms. The van der Waals surface area contributed by atoms with Crippen molar-refractivity contribution in [2.75, 3.05) is 7.11 Å². The molecule has 0 amide bonds. The van der Waals surface area contributed by atoms with Gasteiger partial charge in [0.25, 0.3) is 5.56 Å². The average Bonchev–Trinajstić information content (AvgIpc) is 2.96. The lowest BCUT2D eigenvalue weighted by molar-refractivity contribution is -0.148. The summed E-state index contributed by atoms with van der Waals surface area (Å²) in [6.45, 7) is 2.95. The second-order valence-electron chi connectivity index (χ2n) is 7.46. The molecule has 0 fully saturated rings. The Hall–Kier alpha value is -3.12. The fraction of sp³-hybridized carbons (Fsp3) is 0.304. The Morgan fingerprint density at radius 2 is 1.72 bits per heavy atom. The van der Waals surface area contributed by atoms with Gasteiger partial charge in [0.1, 0.15) is 6.04 Å². The first-order valence-electron chi connectivity index (χ1n) is 9.72. The Morgan fingerprint density at radius 3 is 2.41 bits per heavy atom. The van der Waals surface area contributed by atoms with Gasteiger partial charge in [-0.05, 0) is 36.6 Å². The number of benzene rings is 2. The van der Waals surface area contributed by atoms with Gasteiger partial charge in [0.05, 0.1) is 18.4 Å². The number of hydrogen-bond donors (Lipinski definition) is 0. The lowest BCUT2D eigenvalue weighted by Crippen LogP contribution is -2.46. The number of para-hydroxylation sites is 1. The molecule has 0 N–H and O–H groups in total. The van der Waals surface area contributed by atoms with Crippen LogP contribution in [0.1, 0.15) is 22.4 Å². The van der Waals surface area contributed by atoms with Gasteiger partial charge in [0.15, 0.2) is 0 Å². The molecule has 4 rings (SSSR count). The molecule has 1 atom stereocenters. The molecule has 150 valence electrons. The third kappa shape index (κ3) is 3.40. The van der Waals surface area contributed by atoms with Crippen LogP contribution in [0, 0.1) is 6.92 Å². The topological polar surface area (TPSA) is 56.5 Å². The second kappa shape index (κ2) is 7.72. The van der Waals surface area contributed by atoms with Crippen molar-refractivity contribution in [2.24, 2.45) is 7.05 Å². The van der Waals surface area contributed by atoms with Crippen molar-refractivity contribution in [1.29, 1.82) is 0 Å². The van der Waals surface area contributed by atoms with Crippen LogP contribution < -0.4 is 5.56 Å². The first-order chi connectivity index (χ1) is 14.0. The van der Waals surface area contributed by atoms with Crippen LogP contribution in [0.25, 0.3) is 5.69 Å². The van der Waals surface area contributed by atoms with Crippen LogP contribution in [-0.4, -0.2) is 33.4 Å². The summed E-state index contributed by atoms with van der Waals surface area (Å²) in [4.78, 5) is 27.8. The van der Waals surface area contributed by atoms with E-state index < -0.39 is 6.04 Å². The highest BCUT2D eigenvalue weighted by atomic mass is 16.5. The maximum Gasteiger partial charge on any atom is 0.323 e. The normalized spacial score (nSPS) is 16.4. The Kier molecular flexibility index (Phi) is 5.11. The number of nitrogens with zero attached hydrogens (tertiary/aromatic N) is 3. The van der Waals surface area contributed by atoms with Crippen molar-refractivity contribution >= 4 is 5.97 Å². The smallest absolute Gasteiger partial charge is 0.323 e. The lowest BCUT2D eigenvalue weighted by atomic mass is 9.93. The monoisotopic (exact) mass is 391 g/mol. The van der Waals surface area contributed by atoms with E-state index in [4.69, 9.17) is 4.74 Å². The van der Waals surface area contributed by atoms with E-state index in [1.807, 2.05) is 66.0 Å². The molecule has 1 aliphatic rings. The quantitative estimate of drug-likeness (QED) is 0.642. The van der Waals surface area contributed by atoms with Crippen molar-refractivity contribution < 1.29 is 9.53 Å². The third-order valence-electron chi connectivity index (χ3n) is 5.85. The van der Waals surface area contributed by atoms with Gasteiger partial charge >= 0.3 is 5.97 Å². The highest BCUT2D eigenvalue weighted by molar-refractivity contribution is 5.76. The van der Waals surface area contributed by atoms with Crippen molar-refractivity contribution in [3.8, 4) is 5.69 Å².